The standard InChI is InChI=1S/C17H23NO3/c1-18-13-7-8-14(18)10-15(9-13)21-17(20)16(11-19)12-5-3-2-4-6-12/h2-6,13-16,19H,7-11H2,1H3/t13-,14+,15?,16-/m1/s1/i1D3,16+1,17+1. The molecule has 0 amide bonds. The Labute approximate surface area is 129 Å². The van der Waals surface area contributed by atoms with Crippen molar-refractivity contribution in [2.24, 2.45) is 0 Å². The number of benzene rings is 1. The minimum absolute atomic E-state index is 0.0571. The van der Waals surface area contributed by atoms with Crippen molar-refractivity contribution < 1.29 is 18.8 Å². The SMILES string of the molecule is [2H]C([2H])([2H])N1[C@@H]2CC[C@H]1CC(O[13C](=O)[13C@H](CO)c1ccccc1)C2. The van der Waals surface area contributed by atoms with Crippen LogP contribution in [0.25, 0.3) is 0 Å². The van der Waals surface area contributed by atoms with Crippen molar-refractivity contribution >= 4 is 5.97 Å². The van der Waals surface area contributed by atoms with Gasteiger partial charge in [0.1, 0.15) is 12.0 Å². The molecule has 2 fully saturated rings. The van der Waals surface area contributed by atoms with E-state index in [0.29, 0.717) is 12.8 Å². The molecule has 21 heavy (non-hydrogen) atoms. The first-order valence-corrected chi connectivity index (χ1v) is 7.55. The number of rotatable bonds is 4. The molecule has 4 nitrogen and oxygen atoms in total. The van der Waals surface area contributed by atoms with E-state index in [4.69, 9.17) is 8.85 Å². The van der Waals surface area contributed by atoms with Crippen molar-refractivity contribution in [2.75, 3.05) is 13.6 Å². The van der Waals surface area contributed by atoms with Crippen LogP contribution in [0.4, 0.5) is 0 Å². The van der Waals surface area contributed by atoms with Gasteiger partial charge < -0.3 is 14.7 Å². The van der Waals surface area contributed by atoms with Crippen LogP contribution in [-0.2, 0) is 9.53 Å². The van der Waals surface area contributed by atoms with Crippen LogP contribution >= 0.6 is 0 Å². The summed E-state index contributed by atoms with van der Waals surface area (Å²) in [7, 11) is 0. The third kappa shape index (κ3) is 2.97. The van der Waals surface area contributed by atoms with E-state index in [1.807, 2.05) is 18.2 Å². The van der Waals surface area contributed by atoms with Gasteiger partial charge in [-0.05, 0) is 38.2 Å². The van der Waals surface area contributed by atoms with Crippen molar-refractivity contribution in [2.45, 2.75) is 49.8 Å². The molecule has 2 aliphatic rings. The molecular weight excluding hydrogens is 268 g/mol. The molecule has 0 aliphatic carbocycles. The van der Waals surface area contributed by atoms with Gasteiger partial charge in [-0.3, -0.25) is 4.79 Å². The zero-order valence-electron chi connectivity index (χ0n) is 14.9. The Morgan fingerprint density at radius 2 is 2.05 bits per heavy atom. The van der Waals surface area contributed by atoms with Crippen molar-refractivity contribution in [3.63, 3.8) is 0 Å². The van der Waals surface area contributed by atoms with E-state index >= 15 is 0 Å². The number of fused-ring (bicyclic) bond motifs is 2. The quantitative estimate of drug-likeness (QED) is 0.681. The highest BCUT2D eigenvalue weighted by atomic mass is 16.6. The Morgan fingerprint density at radius 1 is 1.38 bits per heavy atom. The lowest BCUT2D eigenvalue weighted by molar-refractivity contribution is -0.155. The highest BCUT2D eigenvalue weighted by Crippen LogP contribution is 2.36. The summed E-state index contributed by atoms with van der Waals surface area (Å²) in [5, 5.41) is 9.56. The topological polar surface area (TPSA) is 49.8 Å². The molecule has 0 saturated carbocycles. The van der Waals surface area contributed by atoms with Crippen LogP contribution < -0.4 is 0 Å². The van der Waals surface area contributed by atoms with Crippen LogP contribution in [0.1, 0.15) is 41.3 Å². The summed E-state index contributed by atoms with van der Waals surface area (Å²) in [6.45, 7) is -2.39. The first-order chi connectivity index (χ1) is 11.4. The number of piperidine rings is 1. The van der Waals surface area contributed by atoms with Gasteiger partial charge in [0.25, 0.3) is 0 Å². The summed E-state index contributed by atoms with van der Waals surface area (Å²) < 4.78 is 28.6. The number of hydrogen-bond donors (Lipinski definition) is 1. The molecule has 114 valence electrons. The Balaban J connectivity index is 1.64. The van der Waals surface area contributed by atoms with Gasteiger partial charge in [0, 0.05) is 16.2 Å². The van der Waals surface area contributed by atoms with Crippen LogP contribution in [0, 0.1) is 0 Å². The largest absolute Gasteiger partial charge is 0.462 e. The molecule has 1 aromatic rings. The zero-order chi connectivity index (χ0) is 17.3. The molecule has 0 radical (unpaired) electrons. The number of carbonyl (C=O) groups is 1. The smallest absolute Gasteiger partial charge is 0.316 e. The van der Waals surface area contributed by atoms with E-state index in [-0.39, 0.29) is 24.8 Å². The van der Waals surface area contributed by atoms with Crippen LogP contribution in [0.2, 0.25) is 0 Å². The van der Waals surface area contributed by atoms with E-state index in [9.17, 15) is 9.90 Å². The molecule has 0 aromatic heterocycles. The van der Waals surface area contributed by atoms with Gasteiger partial charge in [0.2, 0.25) is 0 Å². The van der Waals surface area contributed by atoms with Crippen molar-refractivity contribution in [3.8, 4) is 0 Å². The van der Waals surface area contributed by atoms with E-state index < -0.39 is 18.9 Å². The number of hydrogen-bond acceptors (Lipinski definition) is 4. The molecule has 2 aliphatic heterocycles. The molecule has 4 atom stereocenters. The Morgan fingerprint density at radius 3 is 2.62 bits per heavy atom. The molecule has 4 heteroatoms. The second kappa shape index (κ2) is 6.16. The third-order valence-electron chi connectivity index (χ3n) is 4.64. The Hall–Kier alpha value is -1.39. The average molecular weight is 294 g/mol. The lowest BCUT2D eigenvalue weighted by atomic mass is 10.0. The maximum atomic E-state index is 12.4. The van der Waals surface area contributed by atoms with Crippen LogP contribution in [0.15, 0.2) is 30.3 Å². The predicted molar refractivity (Wildman–Crippen MR) is 80.0 cm³/mol. The molecule has 0 spiro atoms. The molecule has 2 bridgehead atoms. The van der Waals surface area contributed by atoms with Gasteiger partial charge in [0.05, 0.1) is 6.61 Å². The van der Waals surface area contributed by atoms with E-state index in [1.165, 1.54) is 0 Å². The van der Waals surface area contributed by atoms with Gasteiger partial charge in [-0.2, -0.15) is 0 Å². The molecule has 2 heterocycles. The first-order valence-electron chi connectivity index (χ1n) is 9.05. The van der Waals surface area contributed by atoms with Crippen LogP contribution in [0.5, 0.6) is 0 Å². The summed E-state index contributed by atoms with van der Waals surface area (Å²) in [6, 6.07) is 8.97. The third-order valence-corrected chi connectivity index (χ3v) is 4.64. The fourth-order valence-electron chi connectivity index (χ4n) is 3.47. The van der Waals surface area contributed by atoms with E-state index in [2.05, 4.69) is 0 Å². The highest BCUT2D eigenvalue weighted by Gasteiger charge is 2.40. The maximum absolute atomic E-state index is 12.4. The number of esters is 1. The van der Waals surface area contributed by atoms with Crippen molar-refractivity contribution in [1.29, 1.82) is 0 Å². The number of ether oxygens (including phenoxy) is 1. The molecule has 1 unspecified atom stereocenters. The van der Waals surface area contributed by atoms with Crippen molar-refractivity contribution in [3.05, 3.63) is 35.9 Å². The average Bonchev–Trinajstić information content (AvgIpc) is 2.82. The monoisotopic (exact) mass is 294 g/mol. The molecule has 1 aromatic carbocycles. The second-order valence-electron chi connectivity index (χ2n) is 5.97. The summed E-state index contributed by atoms with van der Waals surface area (Å²) in [5.74, 6) is -1.13. The van der Waals surface area contributed by atoms with Gasteiger partial charge >= 0.3 is 5.97 Å². The van der Waals surface area contributed by atoms with Crippen LogP contribution in [-0.4, -0.2) is 47.7 Å². The number of carbonyl (C=O) groups excluding carboxylic acids is 1. The van der Waals surface area contributed by atoms with Crippen molar-refractivity contribution in [1.82, 2.24) is 4.90 Å². The number of nitrogens with zero attached hydrogens (tertiary/aromatic N) is 1. The summed E-state index contributed by atoms with van der Waals surface area (Å²) >= 11 is 0. The van der Waals surface area contributed by atoms with Gasteiger partial charge in [-0.1, -0.05) is 30.3 Å². The normalized spacial score (nSPS) is 32.8. The molecule has 2 saturated heterocycles. The number of aliphatic hydroxyl groups excluding tert-OH is 1. The minimum atomic E-state index is -2.08. The van der Waals surface area contributed by atoms with Gasteiger partial charge in [0.15, 0.2) is 0 Å². The summed E-state index contributed by atoms with van der Waals surface area (Å²) in [6.07, 6.45) is 2.49. The lowest BCUT2D eigenvalue weighted by Gasteiger charge is -2.36. The first kappa shape index (κ1) is 11.2. The fourth-order valence-corrected chi connectivity index (χ4v) is 3.47. The molecule has 3 rings (SSSR count). The summed E-state index contributed by atoms with van der Waals surface area (Å²) in [5.41, 5.74) is 0.730. The highest BCUT2D eigenvalue weighted by molar-refractivity contribution is 5.78. The second-order valence-corrected chi connectivity index (χ2v) is 5.97. The Kier molecular flexibility index (Phi) is 3.29. The van der Waals surface area contributed by atoms with Gasteiger partial charge in [-0.15, -0.1) is 0 Å². The predicted octanol–water partition coefficient (Wildman–Crippen LogP) is 1.93. The van der Waals surface area contributed by atoms with Crippen LogP contribution in [0.3, 0.4) is 0 Å². The summed E-state index contributed by atoms with van der Waals surface area (Å²) in [4.78, 5) is 14.1. The van der Waals surface area contributed by atoms with Gasteiger partial charge in [-0.25, -0.2) is 0 Å². The fraction of sp³-hybridized carbons (Fsp3) is 0.588. The minimum Gasteiger partial charge on any atom is -0.462 e. The van der Waals surface area contributed by atoms with E-state index in [1.54, 1.807) is 17.0 Å². The molecular formula is C17H23NO3. The zero-order valence-corrected chi connectivity index (χ0v) is 11.9. The molecule has 1 N–H and O–H groups in total. The Bertz CT molecular complexity index is 564. The lowest BCUT2D eigenvalue weighted by Crippen LogP contribution is -2.43. The maximum Gasteiger partial charge on any atom is 0.316 e. The van der Waals surface area contributed by atoms with E-state index in [0.717, 1.165) is 18.4 Å². The number of aliphatic hydroxyl groups is 1.